The van der Waals surface area contributed by atoms with Gasteiger partial charge in [-0.25, -0.2) is 4.68 Å². The number of nitrogens with zero attached hydrogens (tertiary/aromatic N) is 2. The summed E-state index contributed by atoms with van der Waals surface area (Å²) in [7, 11) is 0. The Morgan fingerprint density at radius 3 is 2.68 bits per heavy atom. The molecular formula is C15H15N3O. The second-order valence-corrected chi connectivity index (χ2v) is 4.22. The van der Waals surface area contributed by atoms with E-state index in [0.717, 1.165) is 22.3 Å². The molecule has 0 atom stereocenters. The third-order valence-corrected chi connectivity index (χ3v) is 2.95. The molecule has 0 aliphatic rings. The molecule has 19 heavy (non-hydrogen) atoms. The number of benzene rings is 2. The smallest absolute Gasteiger partial charge is 0.130 e. The fourth-order valence-corrected chi connectivity index (χ4v) is 2.09. The van der Waals surface area contributed by atoms with Gasteiger partial charge in [0.15, 0.2) is 0 Å². The Morgan fingerprint density at radius 1 is 1.05 bits per heavy atom. The van der Waals surface area contributed by atoms with Crippen LogP contribution in [0.3, 0.4) is 0 Å². The van der Waals surface area contributed by atoms with Crippen LogP contribution in [0, 0.1) is 0 Å². The minimum absolute atomic E-state index is 0.503. The van der Waals surface area contributed by atoms with E-state index in [9.17, 15) is 0 Å². The van der Waals surface area contributed by atoms with E-state index >= 15 is 0 Å². The van der Waals surface area contributed by atoms with Crippen LogP contribution in [0.15, 0.2) is 54.7 Å². The van der Waals surface area contributed by atoms with E-state index in [2.05, 4.69) is 5.10 Å². The second-order valence-electron chi connectivity index (χ2n) is 4.22. The van der Waals surface area contributed by atoms with Crippen molar-refractivity contribution in [3.05, 3.63) is 54.7 Å². The summed E-state index contributed by atoms with van der Waals surface area (Å²) in [4.78, 5) is 0. The third-order valence-electron chi connectivity index (χ3n) is 2.95. The molecule has 0 fully saturated rings. The Balaban J connectivity index is 2.09. The minimum atomic E-state index is 0.503. The van der Waals surface area contributed by atoms with Crippen LogP contribution in [-0.2, 0) is 0 Å². The Kier molecular flexibility index (Phi) is 3.16. The summed E-state index contributed by atoms with van der Waals surface area (Å²) < 4.78 is 7.55. The fourth-order valence-electron chi connectivity index (χ4n) is 2.09. The highest BCUT2D eigenvalue weighted by molar-refractivity contribution is 5.86. The summed E-state index contributed by atoms with van der Waals surface area (Å²) in [5, 5.41) is 5.44. The van der Waals surface area contributed by atoms with E-state index in [1.165, 1.54) is 0 Å². The van der Waals surface area contributed by atoms with Crippen molar-refractivity contribution >= 4 is 10.9 Å². The van der Waals surface area contributed by atoms with E-state index in [-0.39, 0.29) is 0 Å². The number of aromatic nitrogens is 2. The van der Waals surface area contributed by atoms with Crippen molar-refractivity contribution in [1.82, 2.24) is 9.78 Å². The lowest BCUT2D eigenvalue weighted by Gasteiger charge is -2.06. The van der Waals surface area contributed by atoms with Crippen LogP contribution in [0.2, 0.25) is 0 Å². The Labute approximate surface area is 111 Å². The van der Waals surface area contributed by atoms with Gasteiger partial charge in [0.05, 0.1) is 22.8 Å². The normalized spacial score (nSPS) is 10.8. The van der Waals surface area contributed by atoms with Crippen molar-refractivity contribution in [2.75, 3.05) is 13.2 Å². The molecule has 1 heterocycles. The van der Waals surface area contributed by atoms with Gasteiger partial charge in [0.2, 0.25) is 0 Å². The third kappa shape index (κ3) is 2.18. The van der Waals surface area contributed by atoms with Crippen molar-refractivity contribution in [3.8, 4) is 11.4 Å². The molecule has 0 saturated carbocycles. The number of hydrogen-bond donors (Lipinski definition) is 1. The molecule has 2 N–H and O–H groups in total. The van der Waals surface area contributed by atoms with Crippen LogP contribution in [-0.4, -0.2) is 22.9 Å². The van der Waals surface area contributed by atoms with E-state index in [4.69, 9.17) is 10.5 Å². The Morgan fingerprint density at radius 2 is 1.89 bits per heavy atom. The molecule has 1 aromatic heterocycles. The zero-order valence-electron chi connectivity index (χ0n) is 10.5. The summed E-state index contributed by atoms with van der Waals surface area (Å²) in [6, 6.07) is 16.0. The highest BCUT2D eigenvalue weighted by atomic mass is 16.5. The van der Waals surface area contributed by atoms with E-state index in [0.29, 0.717) is 13.2 Å². The van der Waals surface area contributed by atoms with E-state index < -0.39 is 0 Å². The predicted molar refractivity (Wildman–Crippen MR) is 75.6 cm³/mol. The molecule has 0 spiro atoms. The molecule has 4 nitrogen and oxygen atoms in total. The predicted octanol–water partition coefficient (Wildman–Crippen LogP) is 2.36. The maximum absolute atomic E-state index is 5.64. The lowest BCUT2D eigenvalue weighted by molar-refractivity contribution is 0.332. The highest BCUT2D eigenvalue weighted by Gasteiger charge is 2.08. The Bertz CT molecular complexity index is 676. The zero-order chi connectivity index (χ0) is 13.1. The molecule has 0 aliphatic heterocycles. The average Bonchev–Trinajstić information content (AvgIpc) is 2.90. The average molecular weight is 253 g/mol. The molecule has 96 valence electrons. The van der Waals surface area contributed by atoms with Crippen molar-refractivity contribution < 1.29 is 4.74 Å². The molecule has 0 aliphatic carbocycles. The minimum Gasteiger partial charge on any atom is -0.492 e. The number of fused-ring (bicyclic) bond motifs is 1. The van der Waals surface area contributed by atoms with Gasteiger partial charge in [0.25, 0.3) is 0 Å². The molecule has 4 heteroatoms. The lowest BCUT2D eigenvalue weighted by atomic mass is 10.2. The first-order valence-corrected chi connectivity index (χ1v) is 6.25. The van der Waals surface area contributed by atoms with Crippen LogP contribution in [0.25, 0.3) is 16.6 Å². The van der Waals surface area contributed by atoms with Gasteiger partial charge in [-0.15, -0.1) is 0 Å². The molecule has 3 rings (SSSR count). The number of rotatable bonds is 4. The summed E-state index contributed by atoms with van der Waals surface area (Å²) >= 11 is 0. The van der Waals surface area contributed by atoms with Crippen LogP contribution in [0.4, 0.5) is 0 Å². The molecule has 0 unspecified atom stereocenters. The van der Waals surface area contributed by atoms with E-state index in [1.54, 1.807) is 0 Å². The van der Waals surface area contributed by atoms with Gasteiger partial charge in [-0.2, -0.15) is 5.10 Å². The van der Waals surface area contributed by atoms with Crippen molar-refractivity contribution in [3.63, 3.8) is 0 Å². The first-order valence-electron chi connectivity index (χ1n) is 6.25. The Hall–Kier alpha value is -2.33. The maximum Gasteiger partial charge on any atom is 0.130 e. The quantitative estimate of drug-likeness (QED) is 0.776. The van der Waals surface area contributed by atoms with Crippen molar-refractivity contribution in [1.29, 1.82) is 0 Å². The highest BCUT2D eigenvalue weighted by Crippen LogP contribution is 2.26. The number of para-hydroxylation sites is 1. The first-order chi connectivity index (χ1) is 9.40. The molecule has 0 saturated heterocycles. The second kappa shape index (κ2) is 5.12. The topological polar surface area (TPSA) is 53.1 Å². The maximum atomic E-state index is 5.64. The van der Waals surface area contributed by atoms with Crippen LogP contribution in [0.1, 0.15) is 0 Å². The number of ether oxygens (including phenoxy) is 1. The lowest BCUT2D eigenvalue weighted by Crippen LogP contribution is -2.10. The summed E-state index contributed by atoms with van der Waals surface area (Å²) in [5.41, 5.74) is 7.53. The first kappa shape index (κ1) is 11.7. The van der Waals surface area contributed by atoms with Gasteiger partial charge >= 0.3 is 0 Å². The SMILES string of the molecule is NCCOc1cccc2c1cnn2-c1ccccc1. The summed E-state index contributed by atoms with van der Waals surface area (Å²) in [6.07, 6.45) is 1.83. The van der Waals surface area contributed by atoms with Gasteiger partial charge in [0, 0.05) is 6.54 Å². The van der Waals surface area contributed by atoms with Gasteiger partial charge in [-0.3, -0.25) is 0 Å². The van der Waals surface area contributed by atoms with Gasteiger partial charge in [-0.1, -0.05) is 24.3 Å². The van der Waals surface area contributed by atoms with Crippen molar-refractivity contribution in [2.45, 2.75) is 0 Å². The van der Waals surface area contributed by atoms with Crippen LogP contribution >= 0.6 is 0 Å². The van der Waals surface area contributed by atoms with Gasteiger partial charge in [0.1, 0.15) is 12.4 Å². The fraction of sp³-hybridized carbons (Fsp3) is 0.133. The van der Waals surface area contributed by atoms with Gasteiger partial charge in [-0.05, 0) is 24.3 Å². The van der Waals surface area contributed by atoms with Crippen LogP contribution < -0.4 is 10.5 Å². The molecule has 0 amide bonds. The largest absolute Gasteiger partial charge is 0.492 e. The van der Waals surface area contributed by atoms with Crippen molar-refractivity contribution in [2.24, 2.45) is 5.73 Å². The molecule has 2 aromatic carbocycles. The monoisotopic (exact) mass is 253 g/mol. The number of hydrogen-bond acceptors (Lipinski definition) is 3. The zero-order valence-corrected chi connectivity index (χ0v) is 10.5. The number of nitrogens with two attached hydrogens (primary N) is 1. The molecule has 0 radical (unpaired) electrons. The van der Waals surface area contributed by atoms with E-state index in [1.807, 2.05) is 59.4 Å². The molecule has 0 bridgehead atoms. The molecule has 3 aromatic rings. The van der Waals surface area contributed by atoms with Crippen LogP contribution in [0.5, 0.6) is 5.75 Å². The van der Waals surface area contributed by atoms with Gasteiger partial charge < -0.3 is 10.5 Å². The standard InChI is InChI=1S/C15H15N3O/c16-9-10-19-15-8-4-7-14-13(15)11-17-18(14)12-5-2-1-3-6-12/h1-8,11H,9-10,16H2. The summed E-state index contributed by atoms with van der Waals surface area (Å²) in [5.74, 6) is 0.824. The summed E-state index contributed by atoms with van der Waals surface area (Å²) in [6.45, 7) is 1.01. The molecular weight excluding hydrogens is 238 g/mol.